The molecule has 5 N–H and O–H groups in total. The molecular weight excluding hydrogens is 230 g/mol. The van der Waals surface area contributed by atoms with E-state index in [-0.39, 0.29) is 12.5 Å². The largest absolute Gasteiger partial charge is 0.388 e. The highest BCUT2D eigenvalue weighted by molar-refractivity contribution is 7.15. The van der Waals surface area contributed by atoms with Crippen LogP contribution in [0.5, 0.6) is 0 Å². The molecule has 90 valence electrons. The van der Waals surface area contributed by atoms with E-state index in [0.29, 0.717) is 15.7 Å². The molecule has 2 unspecified atom stereocenters. The first kappa shape index (κ1) is 12.9. The molecule has 0 aliphatic carbocycles. The van der Waals surface area contributed by atoms with Gasteiger partial charge in [-0.3, -0.25) is 4.79 Å². The van der Waals surface area contributed by atoms with Crippen molar-refractivity contribution in [2.24, 2.45) is 0 Å². The van der Waals surface area contributed by atoms with E-state index in [1.807, 2.05) is 0 Å². The molecule has 0 aliphatic rings. The summed E-state index contributed by atoms with van der Waals surface area (Å²) in [6.07, 6.45) is -2.15. The van der Waals surface area contributed by atoms with E-state index in [9.17, 15) is 15.0 Å². The molecule has 0 spiro atoms. The molecule has 7 heteroatoms. The van der Waals surface area contributed by atoms with Gasteiger partial charge in [0.1, 0.15) is 12.2 Å². The van der Waals surface area contributed by atoms with Gasteiger partial charge in [0, 0.05) is 13.5 Å². The maximum Gasteiger partial charge on any atom is 0.216 e. The van der Waals surface area contributed by atoms with Gasteiger partial charge in [-0.15, -0.1) is 0 Å². The van der Waals surface area contributed by atoms with Crippen LogP contribution in [0.1, 0.15) is 23.6 Å². The van der Waals surface area contributed by atoms with Crippen molar-refractivity contribution in [3.05, 3.63) is 10.6 Å². The Morgan fingerprint density at radius 2 is 2.25 bits per heavy atom. The number of carbonyl (C=O) groups is 1. The maximum atomic E-state index is 10.6. The highest BCUT2D eigenvalue weighted by Gasteiger charge is 2.23. The van der Waals surface area contributed by atoms with Gasteiger partial charge in [-0.1, -0.05) is 11.3 Å². The van der Waals surface area contributed by atoms with Crippen molar-refractivity contribution in [1.29, 1.82) is 0 Å². The van der Waals surface area contributed by atoms with Crippen LogP contribution in [0.3, 0.4) is 0 Å². The van der Waals surface area contributed by atoms with Crippen LogP contribution in [0, 0.1) is 6.92 Å². The van der Waals surface area contributed by atoms with Crippen LogP contribution < -0.4 is 11.1 Å². The lowest BCUT2D eigenvalue weighted by molar-refractivity contribution is -0.119. The Hall–Kier alpha value is -1.18. The Balaban J connectivity index is 2.66. The lowest BCUT2D eigenvalue weighted by atomic mass is 10.1. The Bertz CT molecular complexity index is 380. The summed E-state index contributed by atoms with van der Waals surface area (Å²) in [6, 6.07) is 0. The van der Waals surface area contributed by atoms with Crippen LogP contribution in [0.15, 0.2) is 0 Å². The second-order valence-electron chi connectivity index (χ2n) is 3.45. The van der Waals surface area contributed by atoms with E-state index in [2.05, 4.69) is 10.3 Å². The number of hydrogen-bond acceptors (Lipinski definition) is 6. The van der Waals surface area contributed by atoms with Crippen molar-refractivity contribution in [2.75, 3.05) is 12.3 Å². The van der Waals surface area contributed by atoms with Crippen LogP contribution in [0.2, 0.25) is 0 Å². The lowest BCUT2D eigenvalue weighted by Crippen LogP contribution is -2.34. The van der Waals surface area contributed by atoms with Crippen molar-refractivity contribution < 1.29 is 15.0 Å². The van der Waals surface area contributed by atoms with Gasteiger partial charge in [0.05, 0.1) is 10.6 Å². The van der Waals surface area contributed by atoms with E-state index >= 15 is 0 Å². The number of carbonyl (C=O) groups excluding carboxylic acids is 1. The smallest absolute Gasteiger partial charge is 0.216 e. The zero-order chi connectivity index (χ0) is 12.3. The standard InChI is InChI=1S/C9H15N3O3S/c1-4-8(16-9(10)12-4)7(15)6(14)3-11-5(2)13/h6-7,14-15H,3H2,1-2H3,(H2,10,12)(H,11,13). The van der Waals surface area contributed by atoms with Crippen LogP contribution in [-0.2, 0) is 4.79 Å². The van der Waals surface area contributed by atoms with Crippen LogP contribution in [0.4, 0.5) is 5.13 Å². The van der Waals surface area contributed by atoms with Crippen LogP contribution >= 0.6 is 11.3 Å². The van der Waals surface area contributed by atoms with Gasteiger partial charge in [0.2, 0.25) is 5.91 Å². The third kappa shape index (κ3) is 3.16. The van der Waals surface area contributed by atoms with Crippen molar-refractivity contribution in [3.8, 4) is 0 Å². The third-order valence-corrected chi connectivity index (χ3v) is 3.10. The van der Waals surface area contributed by atoms with Gasteiger partial charge in [-0.05, 0) is 6.92 Å². The first-order valence-electron chi connectivity index (χ1n) is 4.75. The molecule has 0 radical (unpaired) electrons. The number of nitrogens with two attached hydrogens (primary N) is 1. The number of anilines is 1. The van der Waals surface area contributed by atoms with Crippen LogP contribution in [0.25, 0.3) is 0 Å². The van der Waals surface area contributed by atoms with Crippen molar-refractivity contribution in [2.45, 2.75) is 26.1 Å². The number of aliphatic hydroxyl groups is 2. The predicted molar refractivity (Wildman–Crippen MR) is 60.9 cm³/mol. The number of aliphatic hydroxyl groups excluding tert-OH is 2. The molecule has 0 fully saturated rings. The average Bonchev–Trinajstić information content (AvgIpc) is 2.53. The van der Waals surface area contributed by atoms with Crippen molar-refractivity contribution >= 4 is 22.4 Å². The number of aryl methyl sites for hydroxylation is 1. The van der Waals surface area contributed by atoms with Gasteiger partial charge >= 0.3 is 0 Å². The Labute approximate surface area is 97.1 Å². The van der Waals surface area contributed by atoms with Gasteiger partial charge in [0.15, 0.2) is 5.13 Å². The Kier molecular flexibility index (Phi) is 4.22. The zero-order valence-electron chi connectivity index (χ0n) is 9.10. The fraction of sp³-hybridized carbons (Fsp3) is 0.556. The molecular formula is C9H15N3O3S. The minimum atomic E-state index is -1.08. The van der Waals surface area contributed by atoms with Gasteiger partial charge in [-0.2, -0.15) is 0 Å². The summed E-state index contributed by atoms with van der Waals surface area (Å²) < 4.78 is 0. The first-order chi connectivity index (χ1) is 7.41. The normalized spacial score (nSPS) is 14.5. The molecule has 1 heterocycles. The molecule has 1 aromatic rings. The highest BCUT2D eigenvalue weighted by Crippen LogP contribution is 2.28. The summed E-state index contributed by atoms with van der Waals surface area (Å²) in [5, 5.41) is 22.2. The SMILES string of the molecule is CC(=O)NCC(O)C(O)c1sc(N)nc1C. The predicted octanol–water partition coefficient (Wildman–Crippen LogP) is -0.436. The fourth-order valence-electron chi connectivity index (χ4n) is 1.24. The number of hydrogen-bond donors (Lipinski definition) is 4. The number of nitrogens with zero attached hydrogens (tertiary/aromatic N) is 1. The maximum absolute atomic E-state index is 10.6. The number of amides is 1. The number of thiazole rings is 1. The second-order valence-corrected chi connectivity index (χ2v) is 4.51. The quantitative estimate of drug-likeness (QED) is 0.575. The molecule has 1 aromatic heterocycles. The molecule has 0 aromatic carbocycles. The van der Waals surface area contributed by atoms with Crippen molar-refractivity contribution in [3.63, 3.8) is 0 Å². The second kappa shape index (κ2) is 5.24. The van der Waals surface area contributed by atoms with E-state index in [4.69, 9.17) is 5.73 Å². The molecule has 0 aliphatic heterocycles. The van der Waals surface area contributed by atoms with Crippen LogP contribution in [-0.4, -0.2) is 33.8 Å². The van der Waals surface area contributed by atoms with E-state index in [1.165, 1.54) is 6.92 Å². The summed E-state index contributed by atoms with van der Waals surface area (Å²) in [6.45, 7) is 3.04. The molecule has 1 amide bonds. The topological polar surface area (TPSA) is 108 Å². The van der Waals surface area contributed by atoms with Gasteiger partial charge in [-0.25, -0.2) is 4.98 Å². The zero-order valence-corrected chi connectivity index (χ0v) is 9.91. The minimum absolute atomic E-state index is 0.00621. The number of rotatable bonds is 4. The third-order valence-electron chi connectivity index (χ3n) is 2.04. The minimum Gasteiger partial charge on any atom is -0.388 e. The Morgan fingerprint density at radius 3 is 2.69 bits per heavy atom. The molecule has 16 heavy (non-hydrogen) atoms. The number of aromatic nitrogens is 1. The summed E-state index contributed by atoms with van der Waals surface area (Å²) in [5.41, 5.74) is 6.08. The molecule has 0 saturated heterocycles. The molecule has 0 saturated carbocycles. The van der Waals surface area contributed by atoms with E-state index in [1.54, 1.807) is 6.92 Å². The molecule has 1 rings (SSSR count). The average molecular weight is 245 g/mol. The van der Waals surface area contributed by atoms with Gasteiger partial charge < -0.3 is 21.3 Å². The first-order valence-corrected chi connectivity index (χ1v) is 5.56. The van der Waals surface area contributed by atoms with Gasteiger partial charge in [0.25, 0.3) is 0 Å². The summed E-state index contributed by atoms with van der Waals surface area (Å²) in [7, 11) is 0. The summed E-state index contributed by atoms with van der Waals surface area (Å²) in [5.74, 6) is -0.258. The van der Waals surface area contributed by atoms with E-state index < -0.39 is 12.2 Å². The summed E-state index contributed by atoms with van der Waals surface area (Å²) >= 11 is 1.13. The summed E-state index contributed by atoms with van der Waals surface area (Å²) in [4.78, 5) is 15.1. The molecule has 6 nitrogen and oxygen atoms in total. The number of nitrogen functional groups attached to an aromatic ring is 1. The highest BCUT2D eigenvalue weighted by atomic mass is 32.1. The Morgan fingerprint density at radius 1 is 1.62 bits per heavy atom. The monoisotopic (exact) mass is 245 g/mol. The molecule has 0 bridgehead atoms. The lowest BCUT2D eigenvalue weighted by Gasteiger charge is -2.16. The molecule has 2 atom stereocenters. The van der Waals surface area contributed by atoms with E-state index in [0.717, 1.165) is 11.3 Å². The van der Waals surface area contributed by atoms with Crippen molar-refractivity contribution in [1.82, 2.24) is 10.3 Å². The number of nitrogens with one attached hydrogen (secondary N) is 1. The fourth-order valence-corrected chi connectivity index (χ4v) is 2.12.